The highest BCUT2D eigenvalue weighted by Gasteiger charge is 2.33. The summed E-state index contributed by atoms with van der Waals surface area (Å²) in [6.45, 7) is 3.49. The Bertz CT molecular complexity index is 462. The molecule has 18 heavy (non-hydrogen) atoms. The second-order valence-corrected chi connectivity index (χ2v) is 4.58. The fraction of sp³-hybridized carbons (Fsp3) is 0.462. The van der Waals surface area contributed by atoms with Gasteiger partial charge < -0.3 is 4.90 Å². The van der Waals surface area contributed by atoms with Crippen molar-refractivity contribution in [1.82, 2.24) is 10.2 Å². The van der Waals surface area contributed by atoms with Crippen molar-refractivity contribution in [2.24, 2.45) is 0 Å². The average molecular weight is 254 g/mol. The molecule has 1 aliphatic rings. The third kappa shape index (κ3) is 2.51. The van der Waals surface area contributed by atoms with Crippen LogP contribution < -0.4 is 5.32 Å². The van der Waals surface area contributed by atoms with Crippen molar-refractivity contribution >= 4 is 5.91 Å². The molecule has 1 aliphatic heterocycles. The zero-order chi connectivity index (χ0) is 13.3. The lowest BCUT2D eigenvalue weighted by atomic mass is 10.0. The first-order valence-electron chi connectivity index (χ1n) is 5.87. The van der Waals surface area contributed by atoms with Gasteiger partial charge >= 0.3 is 0 Å². The number of nitrogens with one attached hydrogen (secondary N) is 1. The van der Waals surface area contributed by atoms with Crippen molar-refractivity contribution in [2.45, 2.75) is 26.4 Å². The SMILES string of the molecule is Cc1ccc(C2NCC(=O)N2CC(F)F)c(C)c1. The van der Waals surface area contributed by atoms with E-state index >= 15 is 0 Å². The Labute approximate surface area is 105 Å². The summed E-state index contributed by atoms with van der Waals surface area (Å²) in [6, 6.07) is 5.80. The molecule has 1 aromatic carbocycles. The van der Waals surface area contributed by atoms with Crippen LogP contribution in [0.2, 0.25) is 0 Å². The topological polar surface area (TPSA) is 32.3 Å². The lowest BCUT2D eigenvalue weighted by Gasteiger charge is -2.25. The third-order valence-corrected chi connectivity index (χ3v) is 3.13. The minimum absolute atomic E-state index is 0.116. The summed E-state index contributed by atoms with van der Waals surface area (Å²) in [4.78, 5) is 12.8. The molecule has 2 rings (SSSR count). The van der Waals surface area contributed by atoms with Crippen LogP contribution >= 0.6 is 0 Å². The fourth-order valence-electron chi connectivity index (χ4n) is 2.31. The van der Waals surface area contributed by atoms with E-state index in [0.717, 1.165) is 16.7 Å². The van der Waals surface area contributed by atoms with Crippen LogP contribution in [0, 0.1) is 13.8 Å². The van der Waals surface area contributed by atoms with Crippen LogP contribution in [-0.2, 0) is 4.79 Å². The monoisotopic (exact) mass is 254 g/mol. The number of carbonyl (C=O) groups is 1. The Balaban J connectivity index is 2.28. The second-order valence-electron chi connectivity index (χ2n) is 4.58. The van der Waals surface area contributed by atoms with E-state index in [-0.39, 0.29) is 12.5 Å². The molecule has 1 atom stereocenters. The number of rotatable bonds is 3. The van der Waals surface area contributed by atoms with E-state index in [1.807, 2.05) is 32.0 Å². The van der Waals surface area contributed by atoms with E-state index in [2.05, 4.69) is 5.32 Å². The molecule has 1 amide bonds. The maximum atomic E-state index is 12.5. The molecule has 1 N–H and O–H groups in total. The third-order valence-electron chi connectivity index (χ3n) is 3.13. The number of hydrogen-bond acceptors (Lipinski definition) is 2. The van der Waals surface area contributed by atoms with Crippen molar-refractivity contribution in [3.63, 3.8) is 0 Å². The molecule has 0 radical (unpaired) electrons. The molecule has 1 saturated heterocycles. The molecule has 0 spiro atoms. The summed E-state index contributed by atoms with van der Waals surface area (Å²) >= 11 is 0. The number of aryl methyl sites for hydroxylation is 2. The van der Waals surface area contributed by atoms with Crippen LogP contribution in [0.15, 0.2) is 18.2 Å². The van der Waals surface area contributed by atoms with Gasteiger partial charge in [-0.05, 0) is 25.0 Å². The largest absolute Gasteiger partial charge is 0.316 e. The van der Waals surface area contributed by atoms with Gasteiger partial charge in [-0.25, -0.2) is 8.78 Å². The van der Waals surface area contributed by atoms with Crippen LogP contribution in [-0.4, -0.2) is 30.3 Å². The average Bonchev–Trinajstić information content (AvgIpc) is 2.60. The Kier molecular flexibility index (Phi) is 3.61. The van der Waals surface area contributed by atoms with E-state index < -0.39 is 19.1 Å². The first-order chi connectivity index (χ1) is 8.49. The number of alkyl halides is 2. The molecule has 5 heteroatoms. The molecule has 1 aromatic rings. The van der Waals surface area contributed by atoms with Crippen molar-refractivity contribution in [3.05, 3.63) is 34.9 Å². The summed E-state index contributed by atoms with van der Waals surface area (Å²) < 4.78 is 25.0. The van der Waals surface area contributed by atoms with E-state index in [1.54, 1.807) is 0 Å². The fourth-order valence-corrected chi connectivity index (χ4v) is 2.31. The number of nitrogens with zero attached hydrogens (tertiary/aromatic N) is 1. The van der Waals surface area contributed by atoms with Gasteiger partial charge in [0.15, 0.2) is 0 Å². The normalized spacial score (nSPS) is 19.9. The zero-order valence-corrected chi connectivity index (χ0v) is 10.4. The number of benzene rings is 1. The van der Waals surface area contributed by atoms with Gasteiger partial charge in [0, 0.05) is 0 Å². The maximum Gasteiger partial charge on any atom is 0.255 e. The first-order valence-corrected chi connectivity index (χ1v) is 5.87. The van der Waals surface area contributed by atoms with Crippen LogP contribution in [0.5, 0.6) is 0 Å². The van der Waals surface area contributed by atoms with Crippen molar-refractivity contribution < 1.29 is 13.6 Å². The van der Waals surface area contributed by atoms with Crippen molar-refractivity contribution in [3.8, 4) is 0 Å². The minimum Gasteiger partial charge on any atom is -0.316 e. The van der Waals surface area contributed by atoms with Gasteiger partial charge in [-0.1, -0.05) is 23.8 Å². The summed E-state index contributed by atoms with van der Waals surface area (Å²) in [7, 11) is 0. The molecule has 0 aromatic heterocycles. The number of halogens is 2. The van der Waals surface area contributed by atoms with E-state index in [1.165, 1.54) is 4.90 Å². The maximum absolute atomic E-state index is 12.5. The van der Waals surface area contributed by atoms with Gasteiger partial charge in [0.05, 0.1) is 13.1 Å². The van der Waals surface area contributed by atoms with Crippen molar-refractivity contribution in [1.29, 1.82) is 0 Å². The molecule has 1 unspecified atom stereocenters. The molecule has 1 heterocycles. The minimum atomic E-state index is -2.51. The smallest absolute Gasteiger partial charge is 0.255 e. The van der Waals surface area contributed by atoms with E-state index in [4.69, 9.17) is 0 Å². The van der Waals surface area contributed by atoms with Gasteiger partial charge in [0.2, 0.25) is 5.91 Å². The Morgan fingerprint density at radius 1 is 1.44 bits per heavy atom. The number of carbonyl (C=O) groups excluding carboxylic acids is 1. The summed E-state index contributed by atoms with van der Waals surface area (Å²) in [5.74, 6) is -0.278. The van der Waals surface area contributed by atoms with Crippen LogP contribution in [0.4, 0.5) is 8.78 Å². The Hall–Kier alpha value is -1.49. The van der Waals surface area contributed by atoms with Gasteiger partial charge in [-0.3, -0.25) is 10.1 Å². The molecule has 0 bridgehead atoms. The van der Waals surface area contributed by atoms with Crippen LogP contribution in [0.1, 0.15) is 22.9 Å². The molecule has 0 saturated carbocycles. The quantitative estimate of drug-likeness (QED) is 0.894. The number of amides is 1. The molecule has 3 nitrogen and oxygen atoms in total. The summed E-state index contributed by atoms with van der Waals surface area (Å²) in [6.07, 6.45) is -2.95. The number of hydrogen-bond donors (Lipinski definition) is 1. The van der Waals surface area contributed by atoms with Crippen LogP contribution in [0.25, 0.3) is 0 Å². The van der Waals surface area contributed by atoms with Gasteiger partial charge in [0.25, 0.3) is 6.43 Å². The Morgan fingerprint density at radius 3 is 2.78 bits per heavy atom. The summed E-state index contributed by atoms with van der Waals surface area (Å²) in [5.41, 5.74) is 2.99. The molecular formula is C13H16F2N2O. The first kappa shape index (κ1) is 13.0. The summed E-state index contributed by atoms with van der Waals surface area (Å²) in [5, 5.41) is 2.98. The standard InChI is InChI=1S/C13H16F2N2O/c1-8-3-4-10(9(2)5-8)13-16-6-12(18)17(13)7-11(14)15/h3-5,11,13,16H,6-7H2,1-2H3. The lowest BCUT2D eigenvalue weighted by Crippen LogP contribution is -2.34. The van der Waals surface area contributed by atoms with Gasteiger partial charge in [0.1, 0.15) is 6.17 Å². The highest BCUT2D eigenvalue weighted by Crippen LogP contribution is 2.26. The predicted molar refractivity (Wildman–Crippen MR) is 64.4 cm³/mol. The highest BCUT2D eigenvalue weighted by molar-refractivity contribution is 5.81. The van der Waals surface area contributed by atoms with Gasteiger partial charge in [-0.15, -0.1) is 0 Å². The molecular weight excluding hydrogens is 238 g/mol. The van der Waals surface area contributed by atoms with Crippen LogP contribution in [0.3, 0.4) is 0 Å². The van der Waals surface area contributed by atoms with Crippen molar-refractivity contribution in [2.75, 3.05) is 13.1 Å². The lowest BCUT2D eigenvalue weighted by molar-refractivity contribution is -0.130. The highest BCUT2D eigenvalue weighted by atomic mass is 19.3. The second kappa shape index (κ2) is 5.02. The Morgan fingerprint density at radius 2 is 2.17 bits per heavy atom. The molecule has 1 fully saturated rings. The van der Waals surface area contributed by atoms with E-state index in [0.29, 0.717) is 0 Å². The van der Waals surface area contributed by atoms with Gasteiger partial charge in [-0.2, -0.15) is 0 Å². The zero-order valence-electron chi connectivity index (χ0n) is 10.4. The molecule has 0 aliphatic carbocycles. The molecule has 98 valence electrons. The predicted octanol–water partition coefficient (Wildman–Crippen LogP) is 2.00. The van der Waals surface area contributed by atoms with E-state index in [9.17, 15) is 13.6 Å².